The van der Waals surface area contributed by atoms with E-state index in [0.29, 0.717) is 0 Å². The first-order chi connectivity index (χ1) is 8.54. The van der Waals surface area contributed by atoms with Crippen LogP contribution >= 0.6 is 0 Å². The Hall–Kier alpha value is -1.14. The van der Waals surface area contributed by atoms with Crippen LogP contribution in [0.1, 0.15) is 32.6 Å². The normalized spacial score (nSPS) is 24.8. The Morgan fingerprint density at radius 1 is 1.56 bits per heavy atom. The maximum atomic E-state index is 12.1. The minimum Gasteiger partial charge on any atom is -0.481 e. The van der Waals surface area contributed by atoms with E-state index in [0.717, 1.165) is 25.8 Å². The summed E-state index contributed by atoms with van der Waals surface area (Å²) in [6.07, 6.45) is 1.95. The number of carboxylic acids is 1. The van der Waals surface area contributed by atoms with Gasteiger partial charge < -0.3 is 20.5 Å². The van der Waals surface area contributed by atoms with E-state index in [1.165, 1.54) is 7.11 Å². The maximum Gasteiger partial charge on any atom is 0.306 e. The molecule has 1 rings (SSSR count). The predicted molar refractivity (Wildman–Crippen MR) is 66.3 cm³/mol. The third-order valence-corrected chi connectivity index (χ3v) is 3.51. The third-order valence-electron chi connectivity index (χ3n) is 3.51. The van der Waals surface area contributed by atoms with Gasteiger partial charge in [-0.15, -0.1) is 0 Å². The molecule has 0 aromatic heterocycles. The zero-order valence-corrected chi connectivity index (χ0v) is 11.0. The van der Waals surface area contributed by atoms with E-state index in [-0.39, 0.29) is 18.9 Å². The number of carbonyl (C=O) groups excluding carboxylic acids is 1. The number of carbonyl (C=O) groups is 2. The largest absolute Gasteiger partial charge is 0.481 e. The molecule has 1 amide bonds. The number of aliphatic carboxylic acids is 1. The second-order valence-corrected chi connectivity index (χ2v) is 4.63. The van der Waals surface area contributed by atoms with Gasteiger partial charge in [0, 0.05) is 13.7 Å². The summed E-state index contributed by atoms with van der Waals surface area (Å²) in [6, 6.07) is 0. The van der Waals surface area contributed by atoms with Gasteiger partial charge in [-0.05, 0) is 25.8 Å². The van der Waals surface area contributed by atoms with Crippen molar-refractivity contribution in [3.05, 3.63) is 0 Å². The molecule has 1 fully saturated rings. The zero-order chi connectivity index (χ0) is 13.6. The van der Waals surface area contributed by atoms with Crippen LogP contribution in [0.4, 0.5) is 0 Å². The average Bonchev–Trinajstić information content (AvgIpc) is 2.83. The van der Waals surface area contributed by atoms with Gasteiger partial charge in [0.1, 0.15) is 0 Å². The van der Waals surface area contributed by atoms with Crippen LogP contribution in [0.2, 0.25) is 0 Å². The van der Waals surface area contributed by atoms with Crippen LogP contribution in [0.25, 0.3) is 0 Å². The van der Waals surface area contributed by atoms with Gasteiger partial charge in [-0.25, -0.2) is 0 Å². The van der Waals surface area contributed by atoms with Crippen molar-refractivity contribution in [2.45, 2.75) is 44.2 Å². The Morgan fingerprint density at radius 2 is 2.28 bits per heavy atom. The van der Waals surface area contributed by atoms with Crippen molar-refractivity contribution in [3.63, 3.8) is 0 Å². The van der Waals surface area contributed by atoms with Crippen LogP contribution in [-0.4, -0.2) is 48.8 Å². The minimum atomic E-state index is -0.930. The second kappa shape index (κ2) is 6.70. The SMILES string of the molecule is CCC1(C(=O)NCC(CC(=O)O)OC)CCCN1. The van der Waals surface area contributed by atoms with Gasteiger partial charge in [0.15, 0.2) is 0 Å². The molecule has 0 radical (unpaired) electrons. The molecule has 0 aromatic rings. The summed E-state index contributed by atoms with van der Waals surface area (Å²) in [7, 11) is 1.45. The molecular formula is C12H22N2O4. The van der Waals surface area contributed by atoms with Gasteiger partial charge >= 0.3 is 5.97 Å². The Labute approximate surface area is 107 Å². The van der Waals surface area contributed by atoms with Gasteiger partial charge in [0.05, 0.1) is 18.1 Å². The lowest BCUT2D eigenvalue weighted by Crippen LogP contribution is -2.54. The summed E-state index contributed by atoms with van der Waals surface area (Å²) >= 11 is 0. The molecule has 2 unspecified atom stereocenters. The van der Waals surface area contributed by atoms with E-state index >= 15 is 0 Å². The van der Waals surface area contributed by atoms with Crippen LogP contribution in [0.15, 0.2) is 0 Å². The van der Waals surface area contributed by atoms with Crippen molar-refractivity contribution in [3.8, 4) is 0 Å². The first kappa shape index (κ1) is 14.9. The number of rotatable bonds is 7. The van der Waals surface area contributed by atoms with E-state index < -0.39 is 17.6 Å². The number of carboxylic acid groups (broad SMARTS) is 1. The molecule has 1 saturated heterocycles. The molecule has 1 heterocycles. The Morgan fingerprint density at radius 3 is 2.72 bits per heavy atom. The van der Waals surface area contributed by atoms with Gasteiger partial charge in [-0.2, -0.15) is 0 Å². The van der Waals surface area contributed by atoms with Crippen LogP contribution in [0, 0.1) is 0 Å². The maximum absolute atomic E-state index is 12.1. The molecule has 3 N–H and O–H groups in total. The smallest absolute Gasteiger partial charge is 0.306 e. The van der Waals surface area contributed by atoms with Crippen LogP contribution in [0.5, 0.6) is 0 Å². The average molecular weight is 258 g/mol. The van der Waals surface area contributed by atoms with Crippen LogP contribution in [0.3, 0.4) is 0 Å². The molecule has 6 nitrogen and oxygen atoms in total. The highest BCUT2D eigenvalue weighted by Gasteiger charge is 2.39. The Balaban J connectivity index is 2.46. The number of hydrogen-bond acceptors (Lipinski definition) is 4. The van der Waals surface area contributed by atoms with Gasteiger partial charge in [-0.3, -0.25) is 9.59 Å². The van der Waals surface area contributed by atoms with Crippen molar-refractivity contribution in [2.24, 2.45) is 0 Å². The van der Waals surface area contributed by atoms with Crippen molar-refractivity contribution in [2.75, 3.05) is 20.2 Å². The second-order valence-electron chi connectivity index (χ2n) is 4.63. The Kier molecular flexibility index (Phi) is 5.55. The van der Waals surface area contributed by atoms with Gasteiger partial charge in [0.2, 0.25) is 5.91 Å². The molecule has 0 spiro atoms. The molecule has 1 aliphatic rings. The highest BCUT2D eigenvalue weighted by molar-refractivity contribution is 5.86. The number of methoxy groups -OCH3 is 1. The monoisotopic (exact) mass is 258 g/mol. The van der Waals surface area contributed by atoms with E-state index in [4.69, 9.17) is 9.84 Å². The molecule has 2 atom stereocenters. The van der Waals surface area contributed by atoms with Crippen LogP contribution in [-0.2, 0) is 14.3 Å². The summed E-state index contributed by atoms with van der Waals surface area (Å²) < 4.78 is 5.02. The molecule has 1 aliphatic heterocycles. The molecule has 0 bridgehead atoms. The lowest BCUT2D eigenvalue weighted by molar-refractivity contribution is -0.140. The molecule has 104 valence electrons. The van der Waals surface area contributed by atoms with E-state index in [1.807, 2.05) is 6.92 Å². The molecule has 0 aromatic carbocycles. The fourth-order valence-electron chi connectivity index (χ4n) is 2.27. The van der Waals surface area contributed by atoms with Crippen molar-refractivity contribution < 1.29 is 19.4 Å². The summed E-state index contributed by atoms with van der Waals surface area (Å²) in [5.41, 5.74) is -0.485. The summed E-state index contributed by atoms with van der Waals surface area (Å²) in [5, 5.41) is 14.7. The van der Waals surface area contributed by atoms with Gasteiger partial charge in [0.25, 0.3) is 0 Å². The number of amides is 1. The summed E-state index contributed by atoms with van der Waals surface area (Å²) in [5.74, 6) is -0.991. The molecule has 0 aliphatic carbocycles. The highest BCUT2D eigenvalue weighted by Crippen LogP contribution is 2.22. The number of ether oxygens (including phenoxy) is 1. The first-order valence-corrected chi connectivity index (χ1v) is 6.32. The van der Waals surface area contributed by atoms with Gasteiger partial charge in [-0.1, -0.05) is 6.92 Å². The van der Waals surface area contributed by atoms with Crippen molar-refractivity contribution in [1.82, 2.24) is 10.6 Å². The third kappa shape index (κ3) is 3.68. The fourth-order valence-corrected chi connectivity index (χ4v) is 2.27. The highest BCUT2D eigenvalue weighted by atomic mass is 16.5. The fraction of sp³-hybridized carbons (Fsp3) is 0.833. The van der Waals surface area contributed by atoms with Crippen molar-refractivity contribution >= 4 is 11.9 Å². The lowest BCUT2D eigenvalue weighted by Gasteiger charge is -2.27. The zero-order valence-electron chi connectivity index (χ0n) is 11.0. The quantitative estimate of drug-likeness (QED) is 0.604. The van der Waals surface area contributed by atoms with Crippen molar-refractivity contribution in [1.29, 1.82) is 0 Å². The topological polar surface area (TPSA) is 87.7 Å². The first-order valence-electron chi connectivity index (χ1n) is 6.32. The predicted octanol–water partition coefficient (Wildman–Crippen LogP) is 0.125. The minimum absolute atomic E-state index is 0.0602. The molecular weight excluding hydrogens is 236 g/mol. The molecule has 18 heavy (non-hydrogen) atoms. The molecule has 6 heteroatoms. The number of nitrogens with one attached hydrogen (secondary N) is 2. The standard InChI is InChI=1S/C12H22N2O4/c1-3-12(5-4-6-14-12)11(17)13-8-9(18-2)7-10(15)16/h9,14H,3-8H2,1-2H3,(H,13,17)(H,15,16). The van der Waals surface area contributed by atoms with Crippen LogP contribution < -0.4 is 10.6 Å². The van der Waals surface area contributed by atoms with E-state index in [9.17, 15) is 9.59 Å². The Bertz CT molecular complexity index is 300. The lowest BCUT2D eigenvalue weighted by atomic mass is 9.93. The summed E-state index contributed by atoms with van der Waals surface area (Å²) in [6.45, 7) is 3.05. The molecule has 0 saturated carbocycles. The van der Waals surface area contributed by atoms with E-state index in [2.05, 4.69) is 10.6 Å². The van der Waals surface area contributed by atoms with E-state index in [1.54, 1.807) is 0 Å². The summed E-state index contributed by atoms with van der Waals surface area (Å²) in [4.78, 5) is 22.7. The number of hydrogen-bond donors (Lipinski definition) is 3.